The minimum absolute atomic E-state index is 0.590. The molecule has 2 rings (SSSR count). The summed E-state index contributed by atoms with van der Waals surface area (Å²) in [7, 11) is 0. The topological polar surface area (TPSA) is 55.3 Å². The minimum atomic E-state index is 0.590. The Morgan fingerprint density at radius 2 is 2.22 bits per heavy atom. The van der Waals surface area contributed by atoms with E-state index in [1.807, 2.05) is 12.1 Å². The van der Waals surface area contributed by atoms with Gasteiger partial charge >= 0.3 is 0 Å². The van der Waals surface area contributed by atoms with Gasteiger partial charge in [-0.05, 0) is 31.0 Å². The van der Waals surface area contributed by atoms with Crippen molar-refractivity contribution in [1.29, 1.82) is 0 Å². The Kier molecular flexibility index (Phi) is 4.20. The molecule has 0 unspecified atom stereocenters. The van der Waals surface area contributed by atoms with Gasteiger partial charge in [-0.2, -0.15) is 0 Å². The third-order valence-electron chi connectivity index (χ3n) is 2.88. The quantitative estimate of drug-likeness (QED) is 0.852. The largest absolute Gasteiger partial charge is 0.464 e. The molecule has 0 saturated carbocycles. The highest BCUT2D eigenvalue weighted by molar-refractivity contribution is 5.88. The van der Waals surface area contributed by atoms with Crippen molar-refractivity contribution in [1.82, 2.24) is 4.98 Å². The van der Waals surface area contributed by atoms with Crippen molar-refractivity contribution in [2.45, 2.75) is 20.3 Å². The standard InChI is InChI=1S/C14H21N3O/c1-11(2)10-17(8-3-6-15)14-12-5-9-18-13(12)4-7-16-14/h4-5,7,9,11H,3,6,8,10,15H2,1-2H3. The zero-order chi connectivity index (χ0) is 13.0. The van der Waals surface area contributed by atoms with Crippen molar-refractivity contribution in [3.63, 3.8) is 0 Å². The minimum Gasteiger partial charge on any atom is -0.464 e. The normalized spacial score (nSPS) is 11.3. The van der Waals surface area contributed by atoms with Gasteiger partial charge in [-0.1, -0.05) is 13.8 Å². The molecule has 2 heterocycles. The highest BCUT2D eigenvalue weighted by Crippen LogP contribution is 2.25. The summed E-state index contributed by atoms with van der Waals surface area (Å²) in [5, 5.41) is 1.08. The number of fused-ring (bicyclic) bond motifs is 1. The lowest BCUT2D eigenvalue weighted by molar-refractivity contribution is 0.596. The van der Waals surface area contributed by atoms with Crippen molar-refractivity contribution < 1.29 is 4.42 Å². The first kappa shape index (κ1) is 12.9. The number of rotatable bonds is 6. The third kappa shape index (κ3) is 2.82. The first-order valence-electron chi connectivity index (χ1n) is 6.49. The second-order valence-electron chi connectivity index (χ2n) is 4.95. The van der Waals surface area contributed by atoms with Gasteiger partial charge in [0.15, 0.2) is 0 Å². The van der Waals surface area contributed by atoms with Crippen LogP contribution >= 0.6 is 0 Å². The van der Waals surface area contributed by atoms with E-state index in [-0.39, 0.29) is 0 Å². The van der Waals surface area contributed by atoms with Crippen LogP contribution < -0.4 is 10.6 Å². The van der Waals surface area contributed by atoms with Crippen molar-refractivity contribution in [3.05, 3.63) is 24.6 Å². The molecule has 4 heteroatoms. The van der Waals surface area contributed by atoms with E-state index in [1.165, 1.54) is 0 Å². The molecule has 0 aromatic carbocycles. The van der Waals surface area contributed by atoms with Crippen LogP contribution in [0.15, 0.2) is 29.0 Å². The summed E-state index contributed by atoms with van der Waals surface area (Å²) in [4.78, 5) is 6.81. The summed E-state index contributed by atoms with van der Waals surface area (Å²) in [6.45, 7) is 7.05. The summed E-state index contributed by atoms with van der Waals surface area (Å²) in [5.74, 6) is 1.59. The van der Waals surface area contributed by atoms with Crippen molar-refractivity contribution >= 4 is 16.8 Å². The van der Waals surface area contributed by atoms with Gasteiger partial charge in [-0.25, -0.2) is 4.98 Å². The number of nitrogens with zero attached hydrogens (tertiary/aromatic N) is 2. The molecule has 0 radical (unpaired) electrons. The van der Waals surface area contributed by atoms with Gasteiger partial charge in [0.05, 0.1) is 11.6 Å². The van der Waals surface area contributed by atoms with Crippen LogP contribution in [0.2, 0.25) is 0 Å². The van der Waals surface area contributed by atoms with Crippen molar-refractivity contribution in [2.75, 3.05) is 24.5 Å². The fourth-order valence-corrected chi connectivity index (χ4v) is 2.14. The molecule has 0 aliphatic rings. The molecule has 2 N–H and O–H groups in total. The molecule has 2 aromatic heterocycles. The van der Waals surface area contributed by atoms with Gasteiger partial charge in [0.2, 0.25) is 0 Å². The Morgan fingerprint density at radius 1 is 1.39 bits per heavy atom. The van der Waals surface area contributed by atoms with Crippen LogP contribution in [0.4, 0.5) is 5.82 Å². The summed E-state index contributed by atoms with van der Waals surface area (Å²) in [6, 6.07) is 3.88. The summed E-state index contributed by atoms with van der Waals surface area (Å²) < 4.78 is 5.43. The SMILES string of the molecule is CC(C)CN(CCCN)c1nccc2occc12. The van der Waals surface area contributed by atoms with Crippen LogP contribution in [0.5, 0.6) is 0 Å². The number of nitrogens with two attached hydrogens (primary N) is 1. The van der Waals surface area contributed by atoms with E-state index < -0.39 is 0 Å². The summed E-state index contributed by atoms with van der Waals surface area (Å²) in [6.07, 6.45) is 4.49. The molecular formula is C14H21N3O. The van der Waals surface area contributed by atoms with E-state index in [2.05, 4.69) is 23.7 Å². The molecule has 0 aliphatic carbocycles. The van der Waals surface area contributed by atoms with Crippen LogP contribution in [0.3, 0.4) is 0 Å². The first-order valence-corrected chi connectivity index (χ1v) is 6.49. The summed E-state index contributed by atoms with van der Waals surface area (Å²) >= 11 is 0. The van der Waals surface area contributed by atoms with Crippen LogP contribution in [0.1, 0.15) is 20.3 Å². The summed E-state index contributed by atoms with van der Waals surface area (Å²) in [5.41, 5.74) is 6.50. The second kappa shape index (κ2) is 5.87. The Labute approximate surface area is 108 Å². The van der Waals surface area contributed by atoms with Crippen LogP contribution in [0, 0.1) is 5.92 Å². The van der Waals surface area contributed by atoms with Gasteiger partial charge in [-0.3, -0.25) is 0 Å². The van der Waals surface area contributed by atoms with Gasteiger partial charge < -0.3 is 15.1 Å². The van der Waals surface area contributed by atoms with Gasteiger partial charge in [0.1, 0.15) is 11.4 Å². The number of pyridine rings is 1. The fraction of sp³-hybridized carbons (Fsp3) is 0.500. The number of aromatic nitrogens is 1. The lowest BCUT2D eigenvalue weighted by Crippen LogP contribution is -2.30. The van der Waals surface area contributed by atoms with E-state index >= 15 is 0 Å². The number of hydrogen-bond donors (Lipinski definition) is 1. The van der Waals surface area contributed by atoms with E-state index in [0.29, 0.717) is 12.5 Å². The van der Waals surface area contributed by atoms with Gasteiger partial charge in [-0.15, -0.1) is 0 Å². The molecule has 0 bridgehead atoms. The Bertz CT molecular complexity index is 492. The Balaban J connectivity index is 2.30. The molecule has 0 atom stereocenters. The van der Waals surface area contributed by atoms with E-state index in [9.17, 15) is 0 Å². The highest BCUT2D eigenvalue weighted by Gasteiger charge is 2.13. The average molecular weight is 247 g/mol. The predicted molar refractivity (Wildman–Crippen MR) is 74.7 cm³/mol. The first-order chi connectivity index (χ1) is 8.72. The van der Waals surface area contributed by atoms with Crippen LogP contribution in [-0.4, -0.2) is 24.6 Å². The zero-order valence-electron chi connectivity index (χ0n) is 11.1. The monoisotopic (exact) mass is 247 g/mol. The van der Waals surface area contributed by atoms with Crippen molar-refractivity contribution in [3.8, 4) is 0 Å². The lowest BCUT2D eigenvalue weighted by atomic mass is 10.2. The molecular weight excluding hydrogens is 226 g/mol. The Hall–Kier alpha value is -1.55. The lowest BCUT2D eigenvalue weighted by Gasteiger charge is -2.25. The average Bonchev–Trinajstić information content (AvgIpc) is 2.82. The molecule has 0 amide bonds. The molecule has 18 heavy (non-hydrogen) atoms. The molecule has 0 spiro atoms. The maximum absolute atomic E-state index is 5.61. The Morgan fingerprint density at radius 3 is 2.94 bits per heavy atom. The van der Waals surface area contributed by atoms with E-state index in [0.717, 1.165) is 36.3 Å². The van der Waals surface area contributed by atoms with E-state index in [4.69, 9.17) is 10.2 Å². The number of furan rings is 1. The van der Waals surface area contributed by atoms with Crippen LogP contribution in [-0.2, 0) is 0 Å². The van der Waals surface area contributed by atoms with Gasteiger partial charge in [0.25, 0.3) is 0 Å². The zero-order valence-corrected chi connectivity index (χ0v) is 11.1. The molecule has 2 aromatic rings. The van der Waals surface area contributed by atoms with E-state index in [1.54, 1.807) is 12.5 Å². The van der Waals surface area contributed by atoms with Crippen molar-refractivity contribution in [2.24, 2.45) is 11.7 Å². The predicted octanol–water partition coefficient (Wildman–Crippen LogP) is 2.64. The molecule has 0 fully saturated rings. The second-order valence-corrected chi connectivity index (χ2v) is 4.95. The maximum atomic E-state index is 5.61. The molecule has 0 saturated heterocycles. The molecule has 98 valence electrons. The highest BCUT2D eigenvalue weighted by atomic mass is 16.3. The smallest absolute Gasteiger partial charge is 0.139 e. The third-order valence-corrected chi connectivity index (χ3v) is 2.88. The fourth-order valence-electron chi connectivity index (χ4n) is 2.14. The van der Waals surface area contributed by atoms with Gasteiger partial charge in [0, 0.05) is 19.3 Å². The molecule has 0 aliphatic heterocycles. The van der Waals surface area contributed by atoms with Crippen LogP contribution in [0.25, 0.3) is 11.0 Å². The molecule has 4 nitrogen and oxygen atoms in total. The maximum Gasteiger partial charge on any atom is 0.139 e. The number of hydrogen-bond acceptors (Lipinski definition) is 4. The number of anilines is 1.